The van der Waals surface area contributed by atoms with Crippen LogP contribution in [-0.4, -0.2) is 41.8 Å². The van der Waals surface area contributed by atoms with Crippen molar-refractivity contribution < 1.29 is 24.3 Å². The molecule has 0 radical (unpaired) electrons. The number of hydrogen-bond donors (Lipinski definition) is 4. The second kappa shape index (κ2) is 12.4. The SMILES string of the molecule is Nc1c(Cl)cc(C(=O)NCCCCC(C(=O)NC(C=O)CC(=O)O)c2cccs2)cc1Cl. The number of thiophene rings is 1. The zero-order valence-electron chi connectivity index (χ0n) is 17.0. The summed E-state index contributed by atoms with van der Waals surface area (Å²) in [5, 5.41) is 16.4. The standard InChI is InChI=1S/C21H23Cl2N3O5S/c22-15-8-12(9-16(23)19(15)24)20(30)25-6-2-1-4-14(17-5-3-7-32-17)21(31)26-13(11-27)10-18(28)29/h3,5,7-9,11,13-14H,1-2,4,6,10,24H2,(H,25,30)(H,26,31)(H,28,29). The lowest BCUT2D eigenvalue weighted by molar-refractivity contribution is -0.138. The van der Waals surface area contributed by atoms with Gasteiger partial charge in [-0.3, -0.25) is 14.4 Å². The van der Waals surface area contributed by atoms with Gasteiger partial charge in [0.15, 0.2) is 0 Å². The number of rotatable bonds is 12. The Morgan fingerprint density at radius 1 is 1.19 bits per heavy atom. The lowest BCUT2D eigenvalue weighted by Gasteiger charge is -2.18. The Kier molecular flexibility index (Phi) is 9.96. The van der Waals surface area contributed by atoms with Gasteiger partial charge in [0, 0.05) is 17.0 Å². The van der Waals surface area contributed by atoms with Crippen molar-refractivity contribution in [1.29, 1.82) is 0 Å². The minimum absolute atomic E-state index is 0.198. The van der Waals surface area contributed by atoms with Gasteiger partial charge in [0.25, 0.3) is 5.91 Å². The van der Waals surface area contributed by atoms with Gasteiger partial charge in [0.2, 0.25) is 5.91 Å². The molecule has 0 aliphatic rings. The van der Waals surface area contributed by atoms with Crippen LogP contribution in [0, 0.1) is 0 Å². The predicted octanol–water partition coefficient (Wildman–Crippen LogP) is 3.48. The van der Waals surface area contributed by atoms with Gasteiger partial charge in [-0.1, -0.05) is 35.7 Å². The van der Waals surface area contributed by atoms with E-state index in [1.54, 1.807) is 0 Å². The molecule has 2 atom stereocenters. The van der Waals surface area contributed by atoms with Gasteiger partial charge in [-0.2, -0.15) is 0 Å². The van der Waals surface area contributed by atoms with E-state index in [0.29, 0.717) is 37.7 Å². The van der Waals surface area contributed by atoms with Crippen LogP contribution in [0.3, 0.4) is 0 Å². The third-order valence-corrected chi connectivity index (χ3v) is 6.25. The van der Waals surface area contributed by atoms with Crippen LogP contribution in [0.1, 0.15) is 46.8 Å². The molecule has 5 N–H and O–H groups in total. The average Bonchev–Trinajstić information content (AvgIpc) is 3.27. The lowest BCUT2D eigenvalue weighted by Crippen LogP contribution is -2.40. The number of benzene rings is 1. The molecule has 2 rings (SSSR count). The summed E-state index contributed by atoms with van der Waals surface area (Å²) in [7, 11) is 0. The number of nitrogens with two attached hydrogens (primary N) is 1. The third-order valence-electron chi connectivity index (χ3n) is 4.64. The molecule has 0 aliphatic heterocycles. The second-order valence-electron chi connectivity index (χ2n) is 7.02. The molecule has 11 heteroatoms. The maximum atomic E-state index is 12.7. The predicted molar refractivity (Wildman–Crippen MR) is 124 cm³/mol. The van der Waals surface area contributed by atoms with Gasteiger partial charge < -0.3 is 26.3 Å². The van der Waals surface area contributed by atoms with Gasteiger partial charge in [0.05, 0.1) is 34.1 Å². The topological polar surface area (TPSA) is 139 Å². The highest BCUT2D eigenvalue weighted by Crippen LogP contribution is 2.29. The molecule has 0 aliphatic carbocycles. The zero-order valence-corrected chi connectivity index (χ0v) is 19.3. The Morgan fingerprint density at radius 2 is 1.88 bits per heavy atom. The number of carbonyl (C=O) groups is 4. The number of carboxylic acid groups (broad SMARTS) is 1. The normalized spacial score (nSPS) is 12.6. The summed E-state index contributed by atoms with van der Waals surface area (Å²) < 4.78 is 0. The minimum atomic E-state index is -1.17. The highest BCUT2D eigenvalue weighted by molar-refractivity contribution is 7.10. The Bertz CT molecular complexity index is 945. The van der Waals surface area contributed by atoms with Crippen molar-refractivity contribution in [2.75, 3.05) is 12.3 Å². The Labute approximate surface area is 199 Å². The van der Waals surface area contributed by atoms with Crippen molar-refractivity contribution in [3.63, 3.8) is 0 Å². The summed E-state index contributed by atoms with van der Waals surface area (Å²) in [4.78, 5) is 47.7. The fourth-order valence-electron chi connectivity index (χ4n) is 2.99. The summed E-state index contributed by atoms with van der Waals surface area (Å²) in [5.41, 5.74) is 6.18. The van der Waals surface area contributed by atoms with E-state index in [1.165, 1.54) is 23.5 Å². The van der Waals surface area contributed by atoms with Crippen LogP contribution < -0.4 is 16.4 Å². The highest BCUT2D eigenvalue weighted by Gasteiger charge is 2.24. The number of amides is 2. The molecule has 1 aromatic heterocycles. The first kappa shape index (κ1) is 25.6. The minimum Gasteiger partial charge on any atom is -0.481 e. The molecule has 0 bridgehead atoms. The van der Waals surface area contributed by atoms with E-state index in [9.17, 15) is 19.2 Å². The first-order valence-electron chi connectivity index (χ1n) is 9.76. The van der Waals surface area contributed by atoms with Gasteiger partial charge >= 0.3 is 5.97 Å². The summed E-state index contributed by atoms with van der Waals surface area (Å²) in [6.45, 7) is 0.368. The Morgan fingerprint density at radius 3 is 2.44 bits per heavy atom. The first-order chi connectivity index (χ1) is 15.2. The summed E-state index contributed by atoms with van der Waals surface area (Å²) >= 11 is 13.3. The number of anilines is 1. The second-order valence-corrected chi connectivity index (χ2v) is 8.82. The lowest BCUT2D eigenvalue weighted by atomic mass is 9.98. The molecule has 32 heavy (non-hydrogen) atoms. The van der Waals surface area contributed by atoms with E-state index < -0.39 is 30.3 Å². The van der Waals surface area contributed by atoms with Crippen molar-refractivity contribution in [1.82, 2.24) is 10.6 Å². The van der Waals surface area contributed by atoms with E-state index >= 15 is 0 Å². The van der Waals surface area contributed by atoms with Crippen LogP contribution in [0.25, 0.3) is 0 Å². The van der Waals surface area contributed by atoms with Crippen molar-refractivity contribution in [2.45, 2.75) is 37.6 Å². The van der Waals surface area contributed by atoms with Crippen LogP contribution in [0.2, 0.25) is 10.0 Å². The Balaban J connectivity index is 1.88. The molecule has 1 heterocycles. The van der Waals surface area contributed by atoms with Crippen LogP contribution in [0.15, 0.2) is 29.6 Å². The van der Waals surface area contributed by atoms with Gasteiger partial charge in [-0.25, -0.2) is 0 Å². The summed E-state index contributed by atoms with van der Waals surface area (Å²) in [6, 6.07) is 5.43. The van der Waals surface area contributed by atoms with E-state index in [-0.39, 0.29) is 21.6 Å². The number of carbonyl (C=O) groups excluding carboxylic acids is 3. The maximum absolute atomic E-state index is 12.7. The van der Waals surface area contributed by atoms with E-state index in [0.717, 1.165) is 4.88 Å². The van der Waals surface area contributed by atoms with Crippen LogP contribution in [0.5, 0.6) is 0 Å². The van der Waals surface area contributed by atoms with Crippen molar-refractivity contribution in [3.05, 3.63) is 50.1 Å². The number of halogens is 2. The number of aldehydes is 1. The molecular weight excluding hydrogens is 477 g/mol. The fraction of sp³-hybridized carbons (Fsp3) is 0.333. The smallest absolute Gasteiger partial charge is 0.305 e. The van der Waals surface area contributed by atoms with E-state index in [2.05, 4.69) is 10.6 Å². The van der Waals surface area contributed by atoms with E-state index in [4.69, 9.17) is 34.0 Å². The van der Waals surface area contributed by atoms with Gasteiger partial charge in [-0.15, -0.1) is 11.3 Å². The molecule has 2 amide bonds. The number of hydrogen-bond acceptors (Lipinski definition) is 6. The van der Waals surface area contributed by atoms with Crippen molar-refractivity contribution in [2.24, 2.45) is 0 Å². The quantitative estimate of drug-likeness (QED) is 0.200. The zero-order chi connectivity index (χ0) is 23.7. The molecule has 2 unspecified atom stereocenters. The van der Waals surface area contributed by atoms with Crippen molar-refractivity contribution >= 4 is 64.3 Å². The summed E-state index contributed by atoms with van der Waals surface area (Å²) in [6.07, 6.45) is 1.63. The molecule has 2 aromatic rings. The number of nitrogens with one attached hydrogen (secondary N) is 2. The van der Waals surface area contributed by atoms with Crippen molar-refractivity contribution in [3.8, 4) is 0 Å². The van der Waals surface area contributed by atoms with Gasteiger partial charge in [-0.05, 0) is 36.4 Å². The highest BCUT2D eigenvalue weighted by atomic mass is 35.5. The van der Waals surface area contributed by atoms with Crippen LogP contribution in [0.4, 0.5) is 5.69 Å². The molecule has 0 spiro atoms. The average molecular weight is 500 g/mol. The molecule has 1 aromatic carbocycles. The number of aliphatic carboxylic acids is 1. The maximum Gasteiger partial charge on any atom is 0.305 e. The molecule has 172 valence electrons. The van der Waals surface area contributed by atoms with Crippen LogP contribution >= 0.6 is 34.5 Å². The Hall–Kier alpha value is -2.62. The molecule has 0 fully saturated rings. The molecular formula is C21H23Cl2N3O5S. The summed E-state index contributed by atoms with van der Waals surface area (Å²) in [5.74, 6) is -2.43. The number of nitrogen functional groups attached to an aromatic ring is 1. The van der Waals surface area contributed by atoms with E-state index in [1.807, 2.05) is 17.5 Å². The third kappa shape index (κ3) is 7.51. The largest absolute Gasteiger partial charge is 0.481 e. The number of unbranched alkanes of at least 4 members (excludes halogenated alkanes) is 1. The first-order valence-corrected chi connectivity index (χ1v) is 11.4. The van der Waals surface area contributed by atoms with Crippen LogP contribution in [-0.2, 0) is 14.4 Å². The monoisotopic (exact) mass is 499 g/mol. The van der Waals surface area contributed by atoms with Gasteiger partial charge in [0.1, 0.15) is 6.29 Å². The molecule has 8 nitrogen and oxygen atoms in total. The number of carboxylic acids is 1. The molecule has 0 saturated carbocycles. The molecule has 0 saturated heterocycles. The fourth-order valence-corrected chi connectivity index (χ4v) is 4.34.